The van der Waals surface area contributed by atoms with Gasteiger partial charge in [-0.05, 0) is 26.3 Å². The van der Waals surface area contributed by atoms with Crippen LogP contribution in [0.5, 0.6) is 0 Å². The summed E-state index contributed by atoms with van der Waals surface area (Å²) in [5.41, 5.74) is -0.126. The molecule has 0 saturated carbocycles. The fraction of sp³-hybridized carbons (Fsp3) is 1.00. The smallest absolute Gasteiger partial charge is 0.0610 e. The number of morpholine rings is 1. The summed E-state index contributed by atoms with van der Waals surface area (Å²) in [7, 11) is 0. The first-order valence-corrected chi connectivity index (χ1v) is 7.24. The second-order valence-electron chi connectivity index (χ2n) is 5.93. The predicted octanol–water partition coefficient (Wildman–Crippen LogP) is 1.24. The summed E-state index contributed by atoms with van der Waals surface area (Å²) in [6, 6.07) is 0.418. The van der Waals surface area contributed by atoms with Crippen molar-refractivity contribution in [2.24, 2.45) is 0 Å². The van der Waals surface area contributed by atoms with Crippen LogP contribution in [0.15, 0.2) is 0 Å². The third-order valence-corrected chi connectivity index (χ3v) is 3.54. The average Bonchev–Trinajstić information content (AvgIpc) is 2.35. The van der Waals surface area contributed by atoms with Crippen LogP contribution in [0.3, 0.4) is 0 Å². The van der Waals surface area contributed by atoms with Gasteiger partial charge in [0, 0.05) is 24.7 Å². The molecule has 1 unspecified atom stereocenters. The second kappa shape index (κ2) is 8.10. The molecule has 0 aromatic carbocycles. The molecule has 0 bridgehead atoms. The molecule has 4 heteroatoms. The first kappa shape index (κ1) is 15.9. The lowest BCUT2D eigenvalue weighted by Gasteiger charge is -2.32. The number of aliphatic hydroxyl groups is 1. The van der Waals surface area contributed by atoms with Gasteiger partial charge < -0.3 is 15.2 Å². The highest BCUT2D eigenvalue weighted by Gasteiger charge is 2.23. The van der Waals surface area contributed by atoms with Gasteiger partial charge in [-0.25, -0.2) is 0 Å². The summed E-state index contributed by atoms with van der Waals surface area (Å²) in [4.78, 5) is 2.47. The summed E-state index contributed by atoms with van der Waals surface area (Å²) in [6.45, 7) is 11.6. The first-order valence-electron chi connectivity index (χ1n) is 7.24. The number of rotatable bonds is 8. The van der Waals surface area contributed by atoms with Crippen LogP contribution in [0.2, 0.25) is 0 Å². The van der Waals surface area contributed by atoms with E-state index >= 15 is 0 Å². The zero-order valence-electron chi connectivity index (χ0n) is 12.2. The van der Waals surface area contributed by atoms with Crippen molar-refractivity contribution in [3.63, 3.8) is 0 Å². The van der Waals surface area contributed by atoms with Crippen molar-refractivity contribution in [2.75, 3.05) is 39.5 Å². The number of unbranched alkanes of at least 4 members (excludes halogenated alkanes) is 1. The molecular formula is C14H30N2O2. The zero-order valence-corrected chi connectivity index (χ0v) is 12.2. The van der Waals surface area contributed by atoms with Crippen molar-refractivity contribution < 1.29 is 9.84 Å². The van der Waals surface area contributed by atoms with Gasteiger partial charge in [-0.15, -0.1) is 0 Å². The summed E-state index contributed by atoms with van der Waals surface area (Å²) >= 11 is 0. The molecule has 0 aromatic heterocycles. The molecule has 108 valence electrons. The van der Waals surface area contributed by atoms with Crippen LogP contribution in [0.25, 0.3) is 0 Å². The monoisotopic (exact) mass is 258 g/mol. The maximum Gasteiger partial charge on any atom is 0.0610 e. The molecule has 0 aliphatic carbocycles. The SMILES string of the molecule is CC(C)NC(C)(CO)CCCCN1CCOCC1. The van der Waals surface area contributed by atoms with Gasteiger partial charge in [0.2, 0.25) is 0 Å². The van der Waals surface area contributed by atoms with Crippen LogP contribution in [0.1, 0.15) is 40.0 Å². The van der Waals surface area contributed by atoms with Crippen molar-refractivity contribution in [3.05, 3.63) is 0 Å². The number of aliphatic hydroxyl groups excluding tert-OH is 1. The highest BCUT2D eigenvalue weighted by Crippen LogP contribution is 2.14. The van der Waals surface area contributed by atoms with Gasteiger partial charge in [-0.3, -0.25) is 4.90 Å². The van der Waals surface area contributed by atoms with Crippen molar-refractivity contribution in [1.29, 1.82) is 0 Å². The zero-order chi connectivity index (χ0) is 13.4. The number of ether oxygens (including phenoxy) is 1. The molecule has 0 amide bonds. The van der Waals surface area contributed by atoms with Crippen molar-refractivity contribution in [2.45, 2.75) is 51.6 Å². The number of nitrogens with zero attached hydrogens (tertiary/aromatic N) is 1. The normalized spacial score (nSPS) is 21.2. The van der Waals surface area contributed by atoms with E-state index in [1.807, 2.05) is 0 Å². The highest BCUT2D eigenvalue weighted by atomic mass is 16.5. The minimum atomic E-state index is -0.126. The van der Waals surface area contributed by atoms with Gasteiger partial charge in [-0.2, -0.15) is 0 Å². The summed E-state index contributed by atoms with van der Waals surface area (Å²) in [5, 5.41) is 13.0. The van der Waals surface area contributed by atoms with Crippen LogP contribution >= 0.6 is 0 Å². The van der Waals surface area contributed by atoms with Gasteiger partial charge in [-0.1, -0.05) is 20.3 Å². The summed E-state index contributed by atoms with van der Waals surface area (Å²) < 4.78 is 5.34. The molecule has 1 heterocycles. The Bertz CT molecular complexity index is 218. The van der Waals surface area contributed by atoms with E-state index < -0.39 is 0 Å². The fourth-order valence-electron chi connectivity index (χ4n) is 2.57. The minimum absolute atomic E-state index is 0.126. The Hall–Kier alpha value is -0.160. The van der Waals surface area contributed by atoms with Crippen LogP contribution in [0, 0.1) is 0 Å². The minimum Gasteiger partial charge on any atom is -0.394 e. The maximum atomic E-state index is 9.49. The third-order valence-electron chi connectivity index (χ3n) is 3.54. The van der Waals surface area contributed by atoms with Gasteiger partial charge in [0.25, 0.3) is 0 Å². The average molecular weight is 258 g/mol. The highest BCUT2D eigenvalue weighted by molar-refractivity contribution is 4.83. The number of nitrogens with one attached hydrogen (secondary N) is 1. The molecule has 0 radical (unpaired) electrons. The Morgan fingerprint density at radius 3 is 2.50 bits per heavy atom. The quantitative estimate of drug-likeness (QED) is 0.643. The van der Waals surface area contributed by atoms with E-state index in [0.717, 1.165) is 45.7 Å². The van der Waals surface area contributed by atoms with Crippen LogP contribution in [-0.2, 0) is 4.74 Å². The molecule has 1 aliphatic heterocycles. The van der Waals surface area contributed by atoms with E-state index in [0.29, 0.717) is 6.04 Å². The Balaban J connectivity index is 2.14. The van der Waals surface area contributed by atoms with E-state index in [1.165, 1.54) is 6.42 Å². The van der Waals surface area contributed by atoms with E-state index in [1.54, 1.807) is 0 Å². The van der Waals surface area contributed by atoms with Gasteiger partial charge >= 0.3 is 0 Å². The largest absolute Gasteiger partial charge is 0.394 e. The van der Waals surface area contributed by atoms with Crippen molar-refractivity contribution in [1.82, 2.24) is 10.2 Å². The molecule has 1 aliphatic rings. The van der Waals surface area contributed by atoms with Gasteiger partial charge in [0.15, 0.2) is 0 Å². The summed E-state index contributed by atoms with van der Waals surface area (Å²) in [5.74, 6) is 0. The van der Waals surface area contributed by atoms with Crippen molar-refractivity contribution in [3.8, 4) is 0 Å². The molecule has 1 fully saturated rings. The molecule has 0 aromatic rings. The third kappa shape index (κ3) is 6.14. The predicted molar refractivity (Wildman–Crippen MR) is 74.9 cm³/mol. The second-order valence-corrected chi connectivity index (χ2v) is 5.93. The molecule has 1 saturated heterocycles. The fourth-order valence-corrected chi connectivity index (χ4v) is 2.57. The molecular weight excluding hydrogens is 228 g/mol. The Labute approximate surface area is 112 Å². The molecule has 4 nitrogen and oxygen atoms in total. The lowest BCUT2D eigenvalue weighted by atomic mass is 9.94. The lowest BCUT2D eigenvalue weighted by Crippen LogP contribution is -2.49. The van der Waals surface area contributed by atoms with E-state index in [4.69, 9.17) is 4.74 Å². The molecule has 18 heavy (non-hydrogen) atoms. The molecule has 1 atom stereocenters. The number of hydrogen-bond donors (Lipinski definition) is 2. The number of hydrogen-bond acceptors (Lipinski definition) is 4. The molecule has 1 rings (SSSR count). The lowest BCUT2D eigenvalue weighted by molar-refractivity contribution is 0.0366. The van der Waals surface area contributed by atoms with Crippen molar-refractivity contribution >= 4 is 0 Å². The Morgan fingerprint density at radius 2 is 1.94 bits per heavy atom. The first-order chi connectivity index (χ1) is 8.56. The Kier molecular flexibility index (Phi) is 7.15. The molecule has 2 N–H and O–H groups in total. The van der Waals surface area contributed by atoms with E-state index in [2.05, 4.69) is 31.0 Å². The van der Waals surface area contributed by atoms with E-state index in [9.17, 15) is 5.11 Å². The molecule has 0 spiro atoms. The summed E-state index contributed by atoms with van der Waals surface area (Å²) in [6.07, 6.45) is 3.40. The topological polar surface area (TPSA) is 44.7 Å². The van der Waals surface area contributed by atoms with Gasteiger partial charge in [0.1, 0.15) is 0 Å². The van der Waals surface area contributed by atoms with Crippen LogP contribution in [0.4, 0.5) is 0 Å². The maximum absolute atomic E-state index is 9.49. The Morgan fingerprint density at radius 1 is 1.28 bits per heavy atom. The van der Waals surface area contributed by atoms with Crippen LogP contribution in [-0.4, -0.2) is 61.0 Å². The van der Waals surface area contributed by atoms with Crippen LogP contribution < -0.4 is 5.32 Å². The van der Waals surface area contributed by atoms with Gasteiger partial charge in [0.05, 0.1) is 19.8 Å². The standard InChI is InChI=1S/C14H30N2O2/c1-13(2)15-14(3,12-17)6-4-5-7-16-8-10-18-11-9-16/h13,15,17H,4-12H2,1-3H3. The van der Waals surface area contributed by atoms with E-state index in [-0.39, 0.29) is 12.1 Å².